The molecular weight excluding hydrogens is 300 g/mol. The van der Waals surface area contributed by atoms with Gasteiger partial charge in [-0.2, -0.15) is 0 Å². The van der Waals surface area contributed by atoms with Crippen molar-refractivity contribution in [3.8, 4) is 0 Å². The van der Waals surface area contributed by atoms with Crippen molar-refractivity contribution in [2.45, 2.75) is 51.9 Å². The number of nitrogens with zero attached hydrogens (tertiary/aromatic N) is 1. The van der Waals surface area contributed by atoms with Crippen molar-refractivity contribution in [2.24, 2.45) is 5.92 Å². The van der Waals surface area contributed by atoms with Gasteiger partial charge in [-0.1, -0.05) is 30.3 Å². The number of ether oxygens (including phenoxy) is 1. The second-order valence-corrected chi connectivity index (χ2v) is 8.05. The molecule has 4 heteroatoms. The monoisotopic (exact) mass is 334 g/mol. The highest BCUT2D eigenvalue weighted by Crippen LogP contribution is 2.17. The summed E-state index contributed by atoms with van der Waals surface area (Å²) in [4.78, 5) is 2.38. The van der Waals surface area contributed by atoms with Crippen LogP contribution in [0.1, 0.15) is 39.2 Å². The van der Waals surface area contributed by atoms with Crippen molar-refractivity contribution in [1.29, 1.82) is 0 Å². The molecule has 0 aliphatic carbocycles. The van der Waals surface area contributed by atoms with Crippen LogP contribution in [0.25, 0.3) is 0 Å². The highest BCUT2D eigenvalue weighted by Gasteiger charge is 2.23. The molecule has 2 N–H and O–H groups in total. The number of rotatable bonds is 8. The van der Waals surface area contributed by atoms with Gasteiger partial charge in [-0.05, 0) is 58.2 Å². The number of hydrogen-bond acceptors (Lipinski definition) is 4. The molecule has 0 saturated carbocycles. The van der Waals surface area contributed by atoms with Crippen LogP contribution in [0.5, 0.6) is 0 Å². The molecule has 1 fully saturated rings. The van der Waals surface area contributed by atoms with E-state index in [4.69, 9.17) is 4.74 Å². The molecule has 1 heterocycles. The average molecular weight is 335 g/mol. The molecule has 1 aliphatic heterocycles. The lowest BCUT2D eigenvalue weighted by Gasteiger charge is -2.35. The van der Waals surface area contributed by atoms with Gasteiger partial charge in [0.1, 0.15) is 0 Å². The van der Waals surface area contributed by atoms with E-state index in [0.29, 0.717) is 25.7 Å². The summed E-state index contributed by atoms with van der Waals surface area (Å²) in [6.07, 6.45) is 2.08. The van der Waals surface area contributed by atoms with Gasteiger partial charge < -0.3 is 20.1 Å². The summed E-state index contributed by atoms with van der Waals surface area (Å²) in [7, 11) is 0. The number of piperidine rings is 1. The third kappa shape index (κ3) is 7.75. The summed E-state index contributed by atoms with van der Waals surface area (Å²) in [6, 6.07) is 10.1. The summed E-state index contributed by atoms with van der Waals surface area (Å²) >= 11 is 0. The molecule has 0 bridgehead atoms. The number of hydrogen-bond donors (Lipinski definition) is 2. The van der Waals surface area contributed by atoms with E-state index in [2.05, 4.69) is 31.0 Å². The number of β-amino-alcohol motifs (C(OH)–C–C–N with tert-alkyl or cyclic N) is 1. The summed E-state index contributed by atoms with van der Waals surface area (Å²) in [5, 5.41) is 13.8. The second kappa shape index (κ2) is 9.52. The van der Waals surface area contributed by atoms with E-state index in [9.17, 15) is 5.11 Å². The highest BCUT2D eigenvalue weighted by atomic mass is 16.5. The minimum Gasteiger partial charge on any atom is -0.389 e. The lowest BCUT2D eigenvalue weighted by atomic mass is 9.96. The third-order valence-corrected chi connectivity index (χ3v) is 4.41. The molecule has 0 spiro atoms. The average Bonchev–Trinajstić information content (AvgIpc) is 2.54. The number of aliphatic hydroxyl groups is 1. The van der Waals surface area contributed by atoms with Crippen molar-refractivity contribution in [2.75, 3.05) is 32.8 Å². The van der Waals surface area contributed by atoms with E-state index in [1.54, 1.807) is 0 Å². The Kier molecular flexibility index (Phi) is 7.69. The maximum Gasteiger partial charge on any atom is 0.0900 e. The SMILES string of the molecule is CC(C)(C)NCC1CCCN(CC(O)COCc2ccccc2)C1. The number of benzene rings is 1. The topological polar surface area (TPSA) is 44.7 Å². The Bertz CT molecular complexity index is 458. The molecule has 24 heavy (non-hydrogen) atoms. The lowest BCUT2D eigenvalue weighted by Crippen LogP contribution is -2.46. The number of nitrogens with one attached hydrogen (secondary N) is 1. The van der Waals surface area contributed by atoms with Gasteiger partial charge in [0.05, 0.1) is 19.3 Å². The molecule has 0 aromatic heterocycles. The van der Waals surface area contributed by atoms with Crippen LogP contribution in [-0.2, 0) is 11.3 Å². The van der Waals surface area contributed by atoms with E-state index in [0.717, 1.165) is 25.2 Å². The van der Waals surface area contributed by atoms with Crippen LogP contribution in [0.15, 0.2) is 30.3 Å². The van der Waals surface area contributed by atoms with Crippen LogP contribution in [0.2, 0.25) is 0 Å². The molecule has 2 unspecified atom stereocenters. The standard InChI is InChI=1S/C20H34N2O2/c1-20(2,3)21-12-18-10-7-11-22(13-18)14-19(23)16-24-15-17-8-5-4-6-9-17/h4-6,8-9,18-19,21,23H,7,10-16H2,1-3H3. The Morgan fingerprint density at radius 2 is 2.04 bits per heavy atom. The molecule has 1 aromatic rings. The molecule has 0 radical (unpaired) electrons. The summed E-state index contributed by atoms with van der Waals surface area (Å²) in [5.41, 5.74) is 1.32. The zero-order valence-electron chi connectivity index (χ0n) is 15.5. The molecule has 0 amide bonds. The van der Waals surface area contributed by atoms with Crippen molar-refractivity contribution in [3.63, 3.8) is 0 Å². The van der Waals surface area contributed by atoms with Gasteiger partial charge in [-0.3, -0.25) is 0 Å². The summed E-state index contributed by atoms with van der Waals surface area (Å²) < 4.78 is 5.65. The molecule has 1 aliphatic rings. The van der Waals surface area contributed by atoms with Crippen LogP contribution >= 0.6 is 0 Å². The van der Waals surface area contributed by atoms with Gasteiger partial charge >= 0.3 is 0 Å². The van der Waals surface area contributed by atoms with Crippen LogP contribution in [0.3, 0.4) is 0 Å². The highest BCUT2D eigenvalue weighted by molar-refractivity contribution is 5.13. The van der Waals surface area contributed by atoms with E-state index in [-0.39, 0.29) is 5.54 Å². The lowest BCUT2D eigenvalue weighted by molar-refractivity contribution is 0.00284. The van der Waals surface area contributed by atoms with Crippen LogP contribution in [-0.4, -0.2) is 54.4 Å². The van der Waals surface area contributed by atoms with Gasteiger partial charge in [-0.25, -0.2) is 0 Å². The predicted molar refractivity (Wildman–Crippen MR) is 99.0 cm³/mol. The maximum absolute atomic E-state index is 10.2. The van der Waals surface area contributed by atoms with E-state index < -0.39 is 6.10 Å². The predicted octanol–water partition coefficient (Wildman–Crippen LogP) is 2.66. The summed E-state index contributed by atoms with van der Waals surface area (Å²) in [6.45, 7) is 11.5. The Morgan fingerprint density at radius 3 is 2.75 bits per heavy atom. The quantitative estimate of drug-likeness (QED) is 0.767. The van der Waals surface area contributed by atoms with Crippen LogP contribution in [0.4, 0.5) is 0 Å². The fraction of sp³-hybridized carbons (Fsp3) is 0.700. The largest absolute Gasteiger partial charge is 0.389 e. The second-order valence-electron chi connectivity index (χ2n) is 8.05. The van der Waals surface area contributed by atoms with E-state index >= 15 is 0 Å². The molecule has 2 rings (SSSR count). The molecule has 2 atom stereocenters. The van der Waals surface area contributed by atoms with Crippen LogP contribution in [0, 0.1) is 5.92 Å². The molecule has 1 saturated heterocycles. The molecule has 1 aromatic carbocycles. The minimum atomic E-state index is -0.414. The number of aliphatic hydroxyl groups excluding tert-OH is 1. The van der Waals surface area contributed by atoms with Gasteiger partial charge in [0, 0.05) is 18.6 Å². The fourth-order valence-corrected chi connectivity index (χ4v) is 3.17. The molecular formula is C20H34N2O2. The maximum atomic E-state index is 10.2. The van der Waals surface area contributed by atoms with Gasteiger partial charge in [-0.15, -0.1) is 0 Å². The van der Waals surface area contributed by atoms with Gasteiger partial charge in [0.2, 0.25) is 0 Å². The fourth-order valence-electron chi connectivity index (χ4n) is 3.17. The third-order valence-electron chi connectivity index (χ3n) is 4.41. The Morgan fingerprint density at radius 1 is 1.29 bits per heavy atom. The van der Waals surface area contributed by atoms with Crippen molar-refractivity contribution < 1.29 is 9.84 Å². The normalized spacial score (nSPS) is 20.9. The first-order valence-electron chi connectivity index (χ1n) is 9.19. The van der Waals surface area contributed by atoms with Crippen molar-refractivity contribution in [3.05, 3.63) is 35.9 Å². The first-order valence-corrected chi connectivity index (χ1v) is 9.19. The van der Waals surface area contributed by atoms with Gasteiger partial charge in [0.25, 0.3) is 0 Å². The van der Waals surface area contributed by atoms with Crippen molar-refractivity contribution >= 4 is 0 Å². The van der Waals surface area contributed by atoms with E-state index in [1.165, 1.54) is 12.8 Å². The number of likely N-dealkylation sites (tertiary alicyclic amines) is 1. The Hall–Kier alpha value is -0.940. The zero-order chi connectivity index (χ0) is 17.4. The van der Waals surface area contributed by atoms with E-state index in [1.807, 2.05) is 30.3 Å². The Balaban J connectivity index is 1.64. The minimum absolute atomic E-state index is 0.174. The van der Waals surface area contributed by atoms with Crippen LogP contribution < -0.4 is 5.32 Å². The molecule has 4 nitrogen and oxygen atoms in total. The van der Waals surface area contributed by atoms with Gasteiger partial charge in [0.15, 0.2) is 0 Å². The zero-order valence-corrected chi connectivity index (χ0v) is 15.5. The van der Waals surface area contributed by atoms with Crippen molar-refractivity contribution in [1.82, 2.24) is 10.2 Å². The molecule has 136 valence electrons. The summed E-state index contributed by atoms with van der Waals surface area (Å²) in [5.74, 6) is 0.676. The smallest absolute Gasteiger partial charge is 0.0900 e. The Labute approximate surface area is 147 Å². The first-order chi connectivity index (χ1) is 11.4. The first kappa shape index (κ1) is 19.4.